The first-order chi connectivity index (χ1) is 15.3. The van der Waals surface area contributed by atoms with Crippen LogP contribution in [-0.2, 0) is 19.1 Å². The molecule has 0 N–H and O–H groups in total. The van der Waals surface area contributed by atoms with E-state index < -0.39 is 0 Å². The van der Waals surface area contributed by atoms with Crippen LogP contribution in [-0.4, -0.2) is 43.2 Å². The Balaban J connectivity index is 1.69. The van der Waals surface area contributed by atoms with Crippen LogP contribution in [0.4, 0.5) is 16.5 Å². The Kier molecular flexibility index (Phi) is 8.38. The van der Waals surface area contributed by atoms with Crippen molar-refractivity contribution in [2.24, 2.45) is 10.2 Å². The molecule has 0 aliphatic heterocycles. The molecule has 0 unspecified atom stereocenters. The summed E-state index contributed by atoms with van der Waals surface area (Å²) in [5.41, 5.74) is 2.14. The molecular weight excluding hydrogens is 475 g/mol. The zero-order valence-corrected chi connectivity index (χ0v) is 19.7. The zero-order valence-electron chi connectivity index (χ0n) is 17.4. The predicted octanol–water partition coefficient (Wildman–Crippen LogP) is 5.95. The van der Waals surface area contributed by atoms with E-state index >= 15 is 0 Å². The number of thiazole rings is 1. The number of rotatable bonds is 9. The second kappa shape index (κ2) is 11.2. The van der Waals surface area contributed by atoms with E-state index in [0.717, 1.165) is 10.4 Å². The fourth-order valence-electron chi connectivity index (χ4n) is 2.79. The van der Waals surface area contributed by atoms with Gasteiger partial charge in [-0.15, -0.1) is 10.2 Å². The zero-order chi connectivity index (χ0) is 23.1. The first-order valence-electron chi connectivity index (χ1n) is 9.61. The maximum atomic E-state index is 11.0. The van der Waals surface area contributed by atoms with Gasteiger partial charge < -0.3 is 14.4 Å². The molecule has 3 aromatic rings. The number of aromatic nitrogens is 1. The summed E-state index contributed by atoms with van der Waals surface area (Å²) in [6.45, 7) is 4.07. The second-order valence-corrected chi connectivity index (χ2v) is 8.47. The Hall–Kier alpha value is -2.75. The molecule has 0 bridgehead atoms. The second-order valence-electron chi connectivity index (χ2n) is 6.61. The van der Waals surface area contributed by atoms with Crippen molar-refractivity contribution >= 4 is 73.2 Å². The molecule has 32 heavy (non-hydrogen) atoms. The number of hydrogen-bond acceptors (Lipinski definition) is 9. The number of hydrogen-bond donors (Lipinski definition) is 0. The van der Waals surface area contributed by atoms with Crippen LogP contribution in [0.2, 0.25) is 10.0 Å². The minimum atomic E-state index is -0.348. The highest BCUT2D eigenvalue weighted by Crippen LogP contribution is 2.35. The average molecular weight is 495 g/mol. The normalized spacial score (nSPS) is 11.1. The lowest BCUT2D eigenvalue weighted by Crippen LogP contribution is -2.31. The van der Waals surface area contributed by atoms with Gasteiger partial charge in [-0.3, -0.25) is 9.59 Å². The highest BCUT2D eigenvalue weighted by molar-refractivity contribution is 7.22. The third kappa shape index (κ3) is 6.88. The number of benzene rings is 2. The number of halogens is 2. The van der Waals surface area contributed by atoms with Crippen molar-refractivity contribution < 1.29 is 19.1 Å². The van der Waals surface area contributed by atoms with Gasteiger partial charge in [0.2, 0.25) is 5.13 Å². The Labute approximate surface area is 198 Å². The van der Waals surface area contributed by atoms with E-state index in [2.05, 4.69) is 15.2 Å². The number of carbonyl (C=O) groups excluding carboxylic acids is 2. The van der Waals surface area contributed by atoms with Crippen molar-refractivity contribution in [1.29, 1.82) is 0 Å². The lowest BCUT2D eigenvalue weighted by Gasteiger charge is -2.24. The van der Waals surface area contributed by atoms with E-state index in [4.69, 9.17) is 32.7 Å². The highest BCUT2D eigenvalue weighted by Gasteiger charge is 2.10. The van der Waals surface area contributed by atoms with Crippen molar-refractivity contribution in [3.8, 4) is 0 Å². The molecule has 1 heterocycles. The fraction of sp³-hybridized carbons (Fsp3) is 0.286. The molecule has 1 aromatic heterocycles. The van der Waals surface area contributed by atoms with Crippen molar-refractivity contribution in [3.63, 3.8) is 0 Å². The van der Waals surface area contributed by atoms with Crippen molar-refractivity contribution in [3.05, 3.63) is 46.4 Å². The standard InChI is InChI=1S/C21H20Cl2N4O4S/c1-13(28)30-9-7-27(8-10-31-14(2)29)17-5-3-16(4-6-17)25-26-21-24-20-18(23)11-15(22)12-19(20)32-21/h3-6,11-12H,7-10H2,1-2H3. The Morgan fingerprint density at radius 3 is 2.22 bits per heavy atom. The summed E-state index contributed by atoms with van der Waals surface area (Å²) in [4.78, 5) is 28.4. The van der Waals surface area contributed by atoms with Gasteiger partial charge in [0.05, 0.1) is 28.5 Å². The predicted molar refractivity (Wildman–Crippen MR) is 126 cm³/mol. The summed E-state index contributed by atoms with van der Waals surface area (Å²) in [6.07, 6.45) is 0. The summed E-state index contributed by atoms with van der Waals surface area (Å²) in [5, 5.41) is 9.91. The number of fused-ring (bicyclic) bond motifs is 1. The molecule has 0 saturated heterocycles. The van der Waals surface area contributed by atoms with Crippen LogP contribution < -0.4 is 4.90 Å². The minimum absolute atomic E-state index is 0.223. The molecule has 0 amide bonds. The van der Waals surface area contributed by atoms with Crippen LogP contribution in [0.5, 0.6) is 0 Å². The van der Waals surface area contributed by atoms with Gasteiger partial charge in [-0.05, 0) is 36.4 Å². The minimum Gasteiger partial charge on any atom is -0.464 e. The van der Waals surface area contributed by atoms with Gasteiger partial charge in [-0.25, -0.2) is 4.98 Å². The third-order valence-corrected chi connectivity index (χ3v) is 5.59. The molecule has 0 aliphatic carbocycles. The maximum absolute atomic E-state index is 11.0. The monoisotopic (exact) mass is 494 g/mol. The molecule has 0 atom stereocenters. The van der Waals surface area contributed by atoms with E-state index in [9.17, 15) is 9.59 Å². The van der Waals surface area contributed by atoms with E-state index in [1.54, 1.807) is 24.3 Å². The van der Waals surface area contributed by atoms with E-state index in [1.165, 1.54) is 25.2 Å². The van der Waals surface area contributed by atoms with Crippen LogP contribution in [0.1, 0.15) is 13.8 Å². The van der Waals surface area contributed by atoms with E-state index in [-0.39, 0.29) is 25.2 Å². The number of carbonyl (C=O) groups is 2. The van der Waals surface area contributed by atoms with Crippen molar-refractivity contribution in [2.75, 3.05) is 31.2 Å². The molecule has 0 aliphatic rings. The fourth-order valence-corrected chi connectivity index (χ4v) is 4.30. The molecule has 168 valence electrons. The molecule has 2 aromatic carbocycles. The molecule has 0 spiro atoms. The number of nitrogens with zero attached hydrogens (tertiary/aromatic N) is 4. The van der Waals surface area contributed by atoms with Crippen molar-refractivity contribution in [1.82, 2.24) is 4.98 Å². The van der Waals surface area contributed by atoms with Gasteiger partial charge in [0, 0.05) is 24.6 Å². The van der Waals surface area contributed by atoms with Gasteiger partial charge in [-0.2, -0.15) is 0 Å². The number of azo groups is 1. The molecular formula is C21H20Cl2N4O4S. The summed E-state index contributed by atoms with van der Waals surface area (Å²) in [5.74, 6) is -0.696. The van der Waals surface area contributed by atoms with Crippen molar-refractivity contribution in [2.45, 2.75) is 13.8 Å². The lowest BCUT2D eigenvalue weighted by atomic mass is 10.2. The van der Waals surface area contributed by atoms with E-state index in [0.29, 0.717) is 39.5 Å². The largest absolute Gasteiger partial charge is 0.464 e. The maximum Gasteiger partial charge on any atom is 0.302 e. The van der Waals surface area contributed by atoms with Gasteiger partial charge in [-0.1, -0.05) is 34.5 Å². The van der Waals surface area contributed by atoms with Crippen LogP contribution in [0.25, 0.3) is 10.2 Å². The summed E-state index contributed by atoms with van der Waals surface area (Å²) < 4.78 is 10.9. The summed E-state index contributed by atoms with van der Waals surface area (Å²) >= 11 is 13.5. The average Bonchev–Trinajstić information content (AvgIpc) is 3.14. The molecule has 3 rings (SSSR count). The van der Waals surface area contributed by atoms with Crippen LogP contribution >= 0.6 is 34.5 Å². The summed E-state index contributed by atoms with van der Waals surface area (Å²) in [6, 6.07) is 10.8. The molecule has 0 radical (unpaired) electrons. The SMILES string of the molecule is CC(=O)OCCN(CCOC(C)=O)c1ccc(N=Nc2nc3c(Cl)cc(Cl)cc3s2)cc1. The number of anilines is 1. The highest BCUT2D eigenvalue weighted by atomic mass is 35.5. The van der Waals surface area contributed by atoms with E-state index in [1.807, 2.05) is 17.0 Å². The Bertz CT molecular complexity index is 1110. The molecule has 11 heteroatoms. The van der Waals surface area contributed by atoms with Crippen LogP contribution in [0, 0.1) is 0 Å². The first kappa shape index (κ1) is 23.9. The quantitative estimate of drug-likeness (QED) is 0.269. The smallest absolute Gasteiger partial charge is 0.302 e. The Morgan fingerprint density at radius 2 is 1.62 bits per heavy atom. The molecule has 0 fully saturated rings. The lowest BCUT2D eigenvalue weighted by molar-refractivity contribution is -0.141. The van der Waals surface area contributed by atoms with Gasteiger partial charge in [0.25, 0.3) is 0 Å². The summed E-state index contributed by atoms with van der Waals surface area (Å²) in [7, 11) is 0. The number of ether oxygens (including phenoxy) is 2. The third-order valence-electron chi connectivity index (χ3n) is 4.20. The number of esters is 2. The Morgan fingerprint density at radius 1 is 1.00 bits per heavy atom. The molecule has 8 nitrogen and oxygen atoms in total. The van der Waals surface area contributed by atoms with Gasteiger partial charge in [0.15, 0.2) is 0 Å². The molecule has 0 saturated carbocycles. The van der Waals surface area contributed by atoms with Crippen LogP contribution in [0.15, 0.2) is 46.6 Å². The van der Waals surface area contributed by atoms with Gasteiger partial charge in [0.1, 0.15) is 18.7 Å². The first-order valence-corrected chi connectivity index (χ1v) is 11.2. The van der Waals surface area contributed by atoms with Gasteiger partial charge >= 0.3 is 11.9 Å². The van der Waals surface area contributed by atoms with Crippen LogP contribution in [0.3, 0.4) is 0 Å². The topological polar surface area (TPSA) is 93.4 Å².